The monoisotopic (exact) mass is 307 g/mol. The molecule has 0 fully saturated rings. The van der Waals surface area contributed by atoms with E-state index in [1.165, 1.54) is 19.1 Å². The van der Waals surface area contributed by atoms with Crippen LogP contribution in [0.2, 0.25) is 0 Å². The molecule has 7 heteroatoms. The van der Waals surface area contributed by atoms with Crippen LogP contribution in [0.1, 0.15) is 41.7 Å². The molecule has 0 saturated heterocycles. The van der Waals surface area contributed by atoms with Crippen LogP contribution in [-0.4, -0.2) is 36.1 Å². The molecule has 0 spiro atoms. The molecule has 0 aliphatic heterocycles. The number of nitrogens with zero attached hydrogens (tertiary/aromatic N) is 1. The van der Waals surface area contributed by atoms with E-state index in [9.17, 15) is 14.4 Å². The van der Waals surface area contributed by atoms with Crippen molar-refractivity contribution in [1.82, 2.24) is 4.98 Å². The second-order valence-electron chi connectivity index (χ2n) is 4.18. The molecule has 0 unspecified atom stereocenters. The number of ether oxygens (including phenoxy) is 3. The predicted octanol–water partition coefficient (Wildman–Crippen LogP) is 1.92. The Bertz CT molecular complexity index is 572. The molecule has 0 radical (unpaired) electrons. The Balaban J connectivity index is 3.19. The van der Waals surface area contributed by atoms with Crippen LogP contribution < -0.4 is 4.74 Å². The lowest BCUT2D eigenvalue weighted by Crippen LogP contribution is -2.15. The van der Waals surface area contributed by atoms with Crippen molar-refractivity contribution < 1.29 is 28.6 Å². The largest absolute Gasteiger partial charge is 0.461 e. The minimum atomic E-state index is -0.735. The highest BCUT2D eigenvalue weighted by atomic mass is 16.5. The average Bonchev–Trinajstić information content (AvgIpc) is 2.47. The van der Waals surface area contributed by atoms with Crippen LogP contribution in [0.15, 0.2) is 24.3 Å². The maximum Gasteiger partial charge on any atom is 0.357 e. The number of carbonyl (C=O) groups is 3. The standard InChI is InChI=1S/C15H17NO6/c1-5-20-14(18)11-7-10(22-13(17)9(3)4)8-12(16-11)15(19)21-6-2/h7-8H,3,5-6H2,1-2,4H3. The summed E-state index contributed by atoms with van der Waals surface area (Å²) in [7, 11) is 0. The van der Waals surface area contributed by atoms with Crippen molar-refractivity contribution in [3.8, 4) is 5.75 Å². The van der Waals surface area contributed by atoms with Gasteiger partial charge in [0.05, 0.1) is 13.2 Å². The smallest absolute Gasteiger partial charge is 0.357 e. The maximum absolute atomic E-state index is 11.8. The third-order valence-corrected chi connectivity index (χ3v) is 2.33. The molecule has 0 aliphatic carbocycles. The first-order valence-electron chi connectivity index (χ1n) is 6.63. The van der Waals surface area contributed by atoms with Crippen LogP contribution in [0.5, 0.6) is 5.75 Å². The quantitative estimate of drug-likeness (QED) is 0.585. The van der Waals surface area contributed by atoms with Gasteiger partial charge in [-0.25, -0.2) is 19.4 Å². The van der Waals surface area contributed by atoms with E-state index in [-0.39, 0.29) is 35.9 Å². The van der Waals surface area contributed by atoms with Crippen LogP contribution in [0, 0.1) is 0 Å². The molecule has 1 aromatic rings. The van der Waals surface area contributed by atoms with Gasteiger partial charge in [-0.05, 0) is 20.8 Å². The predicted molar refractivity (Wildman–Crippen MR) is 76.6 cm³/mol. The van der Waals surface area contributed by atoms with Gasteiger partial charge in [-0.2, -0.15) is 0 Å². The van der Waals surface area contributed by atoms with Gasteiger partial charge in [-0.3, -0.25) is 0 Å². The van der Waals surface area contributed by atoms with E-state index in [1.807, 2.05) is 0 Å². The number of pyridine rings is 1. The first kappa shape index (κ1) is 17.4. The highest BCUT2D eigenvalue weighted by Gasteiger charge is 2.18. The fourth-order valence-corrected chi connectivity index (χ4v) is 1.38. The van der Waals surface area contributed by atoms with Crippen LogP contribution >= 0.6 is 0 Å². The average molecular weight is 307 g/mol. The van der Waals surface area contributed by atoms with Crippen molar-refractivity contribution in [1.29, 1.82) is 0 Å². The Hall–Kier alpha value is -2.70. The van der Waals surface area contributed by atoms with Gasteiger partial charge in [0.15, 0.2) is 11.4 Å². The number of hydrogen-bond acceptors (Lipinski definition) is 7. The summed E-state index contributed by atoms with van der Waals surface area (Å²) in [6.07, 6.45) is 0. The van der Waals surface area contributed by atoms with E-state index in [0.717, 1.165) is 0 Å². The highest BCUT2D eigenvalue weighted by Crippen LogP contribution is 2.17. The molecule has 0 N–H and O–H groups in total. The van der Waals surface area contributed by atoms with Crippen LogP contribution in [0.4, 0.5) is 0 Å². The summed E-state index contributed by atoms with van der Waals surface area (Å²) in [6, 6.07) is 2.42. The van der Waals surface area contributed by atoms with Crippen LogP contribution in [0.25, 0.3) is 0 Å². The normalized spacial score (nSPS) is 9.77. The molecule has 1 heterocycles. The molecule has 118 valence electrons. The van der Waals surface area contributed by atoms with Crippen LogP contribution in [0.3, 0.4) is 0 Å². The molecular formula is C15H17NO6. The lowest BCUT2D eigenvalue weighted by molar-refractivity contribution is -0.130. The van der Waals surface area contributed by atoms with Crippen molar-refractivity contribution in [2.45, 2.75) is 20.8 Å². The van der Waals surface area contributed by atoms with E-state index in [0.29, 0.717) is 0 Å². The summed E-state index contributed by atoms with van der Waals surface area (Å²) in [5, 5.41) is 0. The van der Waals surface area contributed by atoms with Crippen molar-refractivity contribution in [2.24, 2.45) is 0 Å². The van der Waals surface area contributed by atoms with E-state index in [2.05, 4.69) is 11.6 Å². The van der Waals surface area contributed by atoms with Gasteiger partial charge in [0.2, 0.25) is 0 Å². The molecule has 7 nitrogen and oxygen atoms in total. The van der Waals surface area contributed by atoms with Crippen molar-refractivity contribution >= 4 is 17.9 Å². The minimum absolute atomic E-state index is 0.0193. The molecule has 0 aliphatic rings. The summed E-state index contributed by atoms with van der Waals surface area (Å²) in [5.74, 6) is -2.17. The third-order valence-electron chi connectivity index (χ3n) is 2.33. The zero-order valence-corrected chi connectivity index (χ0v) is 12.7. The second kappa shape index (κ2) is 7.92. The number of carbonyl (C=O) groups excluding carboxylic acids is 3. The Morgan fingerprint density at radius 1 is 1.05 bits per heavy atom. The first-order valence-corrected chi connectivity index (χ1v) is 6.63. The summed E-state index contributed by atoms with van der Waals surface area (Å²) in [6.45, 7) is 8.48. The number of aromatic nitrogens is 1. The SMILES string of the molecule is C=C(C)C(=O)Oc1cc(C(=O)OCC)nc(C(=O)OCC)c1. The van der Waals surface area contributed by atoms with Crippen molar-refractivity contribution in [3.63, 3.8) is 0 Å². The van der Waals surface area contributed by atoms with E-state index in [1.54, 1.807) is 13.8 Å². The van der Waals surface area contributed by atoms with Crippen molar-refractivity contribution in [3.05, 3.63) is 35.7 Å². The number of esters is 3. The van der Waals surface area contributed by atoms with Gasteiger partial charge in [0, 0.05) is 17.7 Å². The highest BCUT2D eigenvalue weighted by molar-refractivity contribution is 5.93. The van der Waals surface area contributed by atoms with E-state index >= 15 is 0 Å². The summed E-state index contributed by atoms with van der Waals surface area (Å²) < 4.78 is 14.7. The lowest BCUT2D eigenvalue weighted by atomic mass is 10.2. The summed E-state index contributed by atoms with van der Waals surface area (Å²) in [5.41, 5.74) is -0.138. The molecule has 0 bridgehead atoms. The zero-order chi connectivity index (χ0) is 16.7. The van der Waals surface area contributed by atoms with Gasteiger partial charge >= 0.3 is 17.9 Å². The van der Waals surface area contributed by atoms with Crippen molar-refractivity contribution in [2.75, 3.05) is 13.2 Å². The Morgan fingerprint density at radius 3 is 1.86 bits per heavy atom. The molecule has 0 atom stereocenters. The van der Waals surface area contributed by atoms with Gasteiger partial charge in [-0.1, -0.05) is 6.58 Å². The molecule has 0 saturated carbocycles. The first-order chi connectivity index (χ1) is 10.4. The Morgan fingerprint density at radius 2 is 1.50 bits per heavy atom. The van der Waals surface area contributed by atoms with Crippen LogP contribution in [-0.2, 0) is 14.3 Å². The third kappa shape index (κ3) is 4.69. The molecule has 0 aromatic carbocycles. The fourth-order valence-electron chi connectivity index (χ4n) is 1.38. The Labute approximate surface area is 127 Å². The summed E-state index contributed by atoms with van der Waals surface area (Å²) in [4.78, 5) is 38.9. The number of hydrogen-bond donors (Lipinski definition) is 0. The molecule has 1 rings (SSSR count). The second-order valence-corrected chi connectivity index (χ2v) is 4.18. The molecule has 22 heavy (non-hydrogen) atoms. The minimum Gasteiger partial charge on any atom is -0.461 e. The molecular weight excluding hydrogens is 290 g/mol. The van der Waals surface area contributed by atoms with Gasteiger partial charge in [0.25, 0.3) is 0 Å². The van der Waals surface area contributed by atoms with Gasteiger partial charge < -0.3 is 14.2 Å². The van der Waals surface area contributed by atoms with Gasteiger partial charge in [0.1, 0.15) is 5.75 Å². The maximum atomic E-state index is 11.8. The Kier molecular flexibility index (Phi) is 6.25. The zero-order valence-electron chi connectivity index (χ0n) is 12.7. The van der Waals surface area contributed by atoms with Gasteiger partial charge in [-0.15, -0.1) is 0 Å². The lowest BCUT2D eigenvalue weighted by Gasteiger charge is -2.08. The summed E-state index contributed by atoms with van der Waals surface area (Å²) >= 11 is 0. The van der Waals surface area contributed by atoms with E-state index in [4.69, 9.17) is 14.2 Å². The fraction of sp³-hybridized carbons (Fsp3) is 0.333. The topological polar surface area (TPSA) is 91.8 Å². The number of rotatable bonds is 6. The van der Waals surface area contributed by atoms with E-state index < -0.39 is 17.9 Å². The molecule has 1 aromatic heterocycles. The molecule has 0 amide bonds.